The highest BCUT2D eigenvalue weighted by Gasteiger charge is 2.32. The molecule has 0 radical (unpaired) electrons. The topological polar surface area (TPSA) is 49.4 Å². The molecule has 2 amide bonds. The molecule has 4 nitrogen and oxygen atoms in total. The third-order valence-corrected chi connectivity index (χ3v) is 7.79. The summed E-state index contributed by atoms with van der Waals surface area (Å²) < 4.78 is 1.01. The van der Waals surface area contributed by atoms with Gasteiger partial charge in [0.1, 0.15) is 6.04 Å². The average Bonchev–Trinajstić information content (AvgIpc) is 2.83. The van der Waals surface area contributed by atoms with E-state index >= 15 is 0 Å². The molecular formula is C29H31BrCl2N2O2S. The van der Waals surface area contributed by atoms with Crippen LogP contribution >= 0.6 is 50.9 Å². The maximum atomic E-state index is 13.7. The number of carbonyl (C=O) groups excluding carboxylic acids is 2. The largest absolute Gasteiger partial charge is 0.350 e. The van der Waals surface area contributed by atoms with Crippen LogP contribution in [-0.2, 0) is 28.3 Å². The molecule has 196 valence electrons. The number of thioether (sulfide) groups is 1. The molecule has 8 heteroatoms. The highest BCUT2D eigenvalue weighted by molar-refractivity contribution is 9.10. The number of rotatable bonds is 10. The molecule has 37 heavy (non-hydrogen) atoms. The van der Waals surface area contributed by atoms with Crippen LogP contribution in [0.2, 0.25) is 10.0 Å². The van der Waals surface area contributed by atoms with Gasteiger partial charge in [-0.1, -0.05) is 87.7 Å². The maximum absolute atomic E-state index is 13.7. The Morgan fingerprint density at radius 1 is 0.919 bits per heavy atom. The Morgan fingerprint density at radius 2 is 1.54 bits per heavy atom. The molecule has 0 aliphatic carbocycles. The molecule has 0 unspecified atom stereocenters. The first kappa shape index (κ1) is 29.6. The lowest BCUT2D eigenvalue weighted by Crippen LogP contribution is -2.54. The smallest absolute Gasteiger partial charge is 0.243 e. The van der Waals surface area contributed by atoms with Crippen LogP contribution in [0.1, 0.15) is 37.5 Å². The van der Waals surface area contributed by atoms with Crippen molar-refractivity contribution in [3.05, 3.63) is 104 Å². The first-order valence-electron chi connectivity index (χ1n) is 11.9. The van der Waals surface area contributed by atoms with Crippen LogP contribution < -0.4 is 5.32 Å². The monoisotopic (exact) mass is 620 g/mol. The number of hydrogen-bond acceptors (Lipinski definition) is 3. The van der Waals surface area contributed by atoms with Gasteiger partial charge in [0.05, 0.1) is 5.75 Å². The zero-order valence-electron chi connectivity index (χ0n) is 21.1. The van der Waals surface area contributed by atoms with E-state index in [0.717, 1.165) is 15.6 Å². The lowest BCUT2D eigenvalue weighted by atomic mass is 10.0. The van der Waals surface area contributed by atoms with Crippen LogP contribution in [0.3, 0.4) is 0 Å². The summed E-state index contributed by atoms with van der Waals surface area (Å²) in [5.74, 6) is 0.526. The molecule has 0 saturated heterocycles. The number of halogens is 3. The van der Waals surface area contributed by atoms with Crippen molar-refractivity contribution in [2.24, 2.45) is 0 Å². The van der Waals surface area contributed by atoms with Gasteiger partial charge in [0, 0.05) is 44.3 Å². The molecule has 0 saturated carbocycles. The highest BCUT2D eigenvalue weighted by atomic mass is 79.9. The van der Waals surface area contributed by atoms with Crippen LogP contribution in [0, 0.1) is 0 Å². The van der Waals surface area contributed by atoms with Crippen molar-refractivity contribution >= 4 is 62.7 Å². The average molecular weight is 622 g/mol. The van der Waals surface area contributed by atoms with E-state index in [2.05, 4.69) is 21.2 Å². The van der Waals surface area contributed by atoms with E-state index in [9.17, 15) is 9.59 Å². The van der Waals surface area contributed by atoms with Gasteiger partial charge in [-0.15, -0.1) is 11.8 Å². The molecular weight excluding hydrogens is 591 g/mol. The van der Waals surface area contributed by atoms with E-state index in [-0.39, 0.29) is 24.1 Å². The van der Waals surface area contributed by atoms with Crippen molar-refractivity contribution in [3.63, 3.8) is 0 Å². The Morgan fingerprint density at radius 3 is 2.14 bits per heavy atom. The Balaban J connectivity index is 1.91. The summed E-state index contributed by atoms with van der Waals surface area (Å²) in [6, 6.07) is 22.2. The minimum Gasteiger partial charge on any atom is -0.350 e. The number of hydrogen-bond donors (Lipinski definition) is 1. The van der Waals surface area contributed by atoms with E-state index in [0.29, 0.717) is 27.8 Å². The summed E-state index contributed by atoms with van der Waals surface area (Å²) in [6.07, 6.45) is 0.369. The van der Waals surface area contributed by atoms with Gasteiger partial charge in [-0.05, 0) is 56.2 Å². The van der Waals surface area contributed by atoms with Crippen molar-refractivity contribution in [3.8, 4) is 0 Å². The van der Waals surface area contributed by atoms with Crippen molar-refractivity contribution in [1.29, 1.82) is 0 Å². The molecule has 3 aromatic carbocycles. The number of nitrogens with zero attached hydrogens (tertiary/aromatic N) is 1. The molecule has 0 fully saturated rings. The third-order valence-electron chi connectivity index (χ3n) is 5.57. The maximum Gasteiger partial charge on any atom is 0.243 e. The zero-order valence-corrected chi connectivity index (χ0v) is 25.1. The number of nitrogens with one attached hydrogen (secondary N) is 1. The summed E-state index contributed by atoms with van der Waals surface area (Å²) in [6.45, 7) is 5.91. The fraction of sp³-hybridized carbons (Fsp3) is 0.310. The van der Waals surface area contributed by atoms with Crippen molar-refractivity contribution in [1.82, 2.24) is 10.2 Å². The standard InChI is InChI=1S/C29H31BrCl2N2O2S/c1-29(2,3)33-28(36)26(16-20-8-5-4-6-9-20)34(17-23-24(31)10-7-11-25(23)32)27(35)19-37-18-21-12-14-22(30)15-13-21/h4-15,26H,16-19H2,1-3H3,(H,33,36)/t26-/m0/s1. The normalized spacial score (nSPS) is 12.2. The summed E-state index contributed by atoms with van der Waals surface area (Å²) in [7, 11) is 0. The van der Waals surface area contributed by atoms with Crippen LogP contribution in [0.15, 0.2) is 77.3 Å². The first-order chi connectivity index (χ1) is 17.5. The van der Waals surface area contributed by atoms with Gasteiger partial charge in [-0.25, -0.2) is 0 Å². The van der Waals surface area contributed by atoms with E-state index in [1.54, 1.807) is 23.1 Å². The van der Waals surface area contributed by atoms with Crippen LogP contribution in [0.25, 0.3) is 0 Å². The van der Waals surface area contributed by atoms with Crippen LogP contribution in [-0.4, -0.2) is 34.0 Å². The second-order valence-corrected chi connectivity index (χ2v) is 12.5. The van der Waals surface area contributed by atoms with Gasteiger partial charge >= 0.3 is 0 Å². The van der Waals surface area contributed by atoms with Crippen LogP contribution in [0.5, 0.6) is 0 Å². The summed E-state index contributed by atoms with van der Waals surface area (Å²) >= 11 is 17.9. The summed E-state index contributed by atoms with van der Waals surface area (Å²) in [5.41, 5.74) is 2.24. The molecule has 0 heterocycles. The molecule has 3 rings (SSSR count). The molecule has 3 aromatic rings. The zero-order chi connectivity index (χ0) is 27.0. The number of benzene rings is 3. The molecule has 0 aliphatic rings. The van der Waals surface area contributed by atoms with E-state index < -0.39 is 11.6 Å². The second kappa shape index (κ2) is 13.7. The van der Waals surface area contributed by atoms with Crippen molar-refractivity contribution < 1.29 is 9.59 Å². The fourth-order valence-corrected chi connectivity index (χ4v) is 5.43. The lowest BCUT2D eigenvalue weighted by Gasteiger charge is -2.34. The van der Waals surface area contributed by atoms with Crippen molar-refractivity contribution in [2.45, 2.75) is 51.1 Å². The predicted octanol–water partition coefficient (Wildman–Crippen LogP) is 7.54. The molecule has 1 atom stereocenters. The van der Waals surface area contributed by atoms with E-state index in [1.807, 2.05) is 75.4 Å². The Labute approximate surface area is 242 Å². The second-order valence-electron chi connectivity index (χ2n) is 9.79. The molecule has 1 N–H and O–H groups in total. The van der Waals surface area contributed by atoms with Crippen LogP contribution in [0.4, 0.5) is 0 Å². The minimum atomic E-state index is -0.741. The van der Waals surface area contributed by atoms with Gasteiger partial charge in [0.2, 0.25) is 11.8 Å². The van der Waals surface area contributed by atoms with Gasteiger partial charge in [0.25, 0.3) is 0 Å². The quantitative estimate of drug-likeness (QED) is 0.254. The number of carbonyl (C=O) groups is 2. The van der Waals surface area contributed by atoms with Gasteiger partial charge < -0.3 is 10.2 Å². The lowest BCUT2D eigenvalue weighted by molar-refractivity contribution is -0.140. The third kappa shape index (κ3) is 9.36. The fourth-order valence-electron chi connectivity index (χ4n) is 3.78. The van der Waals surface area contributed by atoms with Gasteiger partial charge in [-0.2, -0.15) is 0 Å². The molecule has 0 spiro atoms. The minimum absolute atomic E-state index is 0.130. The van der Waals surface area contributed by atoms with Gasteiger partial charge in [0.15, 0.2) is 0 Å². The van der Waals surface area contributed by atoms with Crippen molar-refractivity contribution in [2.75, 3.05) is 5.75 Å². The number of amides is 2. The SMILES string of the molecule is CC(C)(C)NC(=O)[C@H](Cc1ccccc1)N(Cc1c(Cl)cccc1Cl)C(=O)CSCc1ccc(Br)cc1. The Kier molecular flexibility index (Phi) is 10.9. The molecule has 0 aromatic heterocycles. The van der Waals surface area contributed by atoms with Gasteiger partial charge in [-0.3, -0.25) is 9.59 Å². The first-order valence-corrected chi connectivity index (χ1v) is 14.6. The summed E-state index contributed by atoms with van der Waals surface area (Å²) in [5, 5.41) is 3.99. The highest BCUT2D eigenvalue weighted by Crippen LogP contribution is 2.28. The van der Waals surface area contributed by atoms with E-state index in [4.69, 9.17) is 23.2 Å². The van der Waals surface area contributed by atoms with E-state index in [1.165, 1.54) is 11.8 Å². The predicted molar refractivity (Wildman–Crippen MR) is 159 cm³/mol. The Bertz CT molecular complexity index is 1180. The molecule has 0 bridgehead atoms. The summed E-state index contributed by atoms with van der Waals surface area (Å²) in [4.78, 5) is 29.0. The molecule has 0 aliphatic heterocycles. The Hall–Kier alpha value is -1.99.